The van der Waals surface area contributed by atoms with Gasteiger partial charge in [0.1, 0.15) is 5.82 Å². The highest BCUT2D eigenvalue weighted by Crippen LogP contribution is 2.26. The first-order chi connectivity index (χ1) is 8.78. The lowest BCUT2D eigenvalue weighted by Gasteiger charge is -2.28. The van der Waals surface area contributed by atoms with Gasteiger partial charge in [0, 0.05) is 25.2 Å². The second-order valence-electron chi connectivity index (χ2n) is 5.25. The van der Waals surface area contributed by atoms with Crippen molar-refractivity contribution in [1.29, 1.82) is 0 Å². The molecule has 0 aliphatic carbocycles. The first-order valence-corrected chi connectivity index (χ1v) is 6.62. The first kappa shape index (κ1) is 11.7. The highest BCUT2D eigenvalue weighted by molar-refractivity contribution is 5.47. The molecule has 0 spiro atoms. The van der Waals surface area contributed by atoms with Gasteiger partial charge in [-0.2, -0.15) is 0 Å². The van der Waals surface area contributed by atoms with Gasteiger partial charge in [0.25, 0.3) is 0 Å². The molecule has 3 rings (SSSR count). The van der Waals surface area contributed by atoms with Crippen LogP contribution in [-0.4, -0.2) is 34.4 Å². The quantitative estimate of drug-likeness (QED) is 0.873. The van der Waals surface area contributed by atoms with Crippen molar-refractivity contribution >= 4 is 5.52 Å². The van der Waals surface area contributed by atoms with Crippen LogP contribution < -0.4 is 5.73 Å². The number of nitrogens with zero attached hydrogens (tertiary/aromatic N) is 3. The molecule has 1 aliphatic rings. The molecule has 0 bridgehead atoms. The van der Waals surface area contributed by atoms with E-state index in [2.05, 4.69) is 39.7 Å². The summed E-state index contributed by atoms with van der Waals surface area (Å²) >= 11 is 0. The molecule has 0 aromatic carbocycles. The Bertz CT molecular complexity index is 546. The molecule has 2 N–H and O–H groups in total. The highest BCUT2D eigenvalue weighted by Gasteiger charge is 2.22. The van der Waals surface area contributed by atoms with E-state index < -0.39 is 0 Å². The van der Waals surface area contributed by atoms with Crippen LogP contribution in [0.1, 0.15) is 30.1 Å². The lowest BCUT2D eigenvalue weighted by atomic mass is 9.98. The largest absolute Gasteiger partial charge is 0.326 e. The third kappa shape index (κ3) is 2.02. The van der Waals surface area contributed by atoms with Gasteiger partial charge in [0.15, 0.2) is 0 Å². The van der Waals surface area contributed by atoms with E-state index in [4.69, 9.17) is 5.73 Å². The fourth-order valence-corrected chi connectivity index (χ4v) is 2.85. The maximum atomic E-state index is 5.72. The van der Waals surface area contributed by atoms with Crippen LogP contribution in [0.15, 0.2) is 24.5 Å². The Kier molecular flexibility index (Phi) is 3.06. The van der Waals surface area contributed by atoms with Gasteiger partial charge >= 0.3 is 0 Å². The van der Waals surface area contributed by atoms with E-state index in [-0.39, 0.29) is 0 Å². The fourth-order valence-electron chi connectivity index (χ4n) is 2.85. The van der Waals surface area contributed by atoms with E-state index in [1.807, 2.05) is 6.20 Å². The summed E-state index contributed by atoms with van der Waals surface area (Å²) in [6, 6.07) is 4.18. The molecule has 1 atom stereocenters. The molecule has 4 nitrogen and oxygen atoms in total. The summed E-state index contributed by atoms with van der Waals surface area (Å²) in [4.78, 5) is 7.02. The molecular formula is C14H20N4. The molecule has 0 amide bonds. The van der Waals surface area contributed by atoms with Crippen molar-refractivity contribution in [2.24, 2.45) is 5.73 Å². The molecule has 2 aromatic heterocycles. The van der Waals surface area contributed by atoms with Gasteiger partial charge in [-0.3, -0.25) is 0 Å². The molecule has 1 fully saturated rings. The minimum atomic E-state index is 0.541. The minimum absolute atomic E-state index is 0.541. The molecule has 2 aromatic rings. The first-order valence-electron chi connectivity index (χ1n) is 6.62. The molecule has 1 aliphatic heterocycles. The smallest absolute Gasteiger partial charge is 0.117 e. The third-order valence-electron chi connectivity index (χ3n) is 3.84. The number of imidazole rings is 1. The van der Waals surface area contributed by atoms with Crippen LogP contribution in [0.3, 0.4) is 0 Å². The number of hydrogen-bond acceptors (Lipinski definition) is 3. The fraction of sp³-hybridized carbons (Fsp3) is 0.500. The number of likely N-dealkylation sites (N-methyl/N-ethyl adjacent to an activating group) is 1. The summed E-state index contributed by atoms with van der Waals surface area (Å²) < 4.78 is 2.21. The average Bonchev–Trinajstić information content (AvgIpc) is 2.81. The van der Waals surface area contributed by atoms with E-state index in [0.717, 1.165) is 17.6 Å². The van der Waals surface area contributed by atoms with Crippen molar-refractivity contribution in [3.05, 3.63) is 35.9 Å². The van der Waals surface area contributed by atoms with E-state index in [1.165, 1.54) is 25.2 Å². The maximum Gasteiger partial charge on any atom is 0.117 e. The Morgan fingerprint density at radius 3 is 3.11 bits per heavy atom. The summed E-state index contributed by atoms with van der Waals surface area (Å²) in [5, 5.41) is 0. The van der Waals surface area contributed by atoms with E-state index >= 15 is 0 Å². The van der Waals surface area contributed by atoms with Crippen molar-refractivity contribution in [3.63, 3.8) is 0 Å². The van der Waals surface area contributed by atoms with Gasteiger partial charge in [-0.15, -0.1) is 0 Å². The van der Waals surface area contributed by atoms with Crippen LogP contribution in [0.5, 0.6) is 0 Å². The minimum Gasteiger partial charge on any atom is -0.326 e. The Morgan fingerprint density at radius 1 is 1.44 bits per heavy atom. The number of hydrogen-bond donors (Lipinski definition) is 1. The lowest BCUT2D eigenvalue weighted by Crippen LogP contribution is -2.31. The maximum absolute atomic E-state index is 5.72. The number of pyridine rings is 1. The second-order valence-corrected chi connectivity index (χ2v) is 5.25. The number of nitrogens with two attached hydrogens (primary N) is 1. The summed E-state index contributed by atoms with van der Waals surface area (Å²) in [6.45, 7) is 2.89. The van der Waals surface area contributed by atoms with Crippen LogP contribution in [0.4, 0.5) is 0 Å². The molecule has 0 saturated carbocycles. The van der Waals surface area contributed by atoms with E-state index in [0.29, 0.717) is 12.5 Å². The lowest BCUT2D eigenvalue weighted by molar-refractivity contribution is 0.245. The predicted molar refractivity (Wildman–Crippen MR) is 72.6 cm³/mol. The van der Waals surface area contributed by atoms with Gasteiger partial charge in [0.05, 0.1) is 11.7 Å². The SMILES string of the molecule is CN1CCCC(c2ncc3ccc(CN)cn23)C1. The molecule has 0 radical (unpaired) electrons. The summed E-state index contributed by atoms with van der Waals surface area (Å²) in [5.74, 6) is 1.73. The van der Waals surface area contributed by atoms with E-state index in [9.17, 15) is 0 Å². The van der Waals surface area contributed by atoms with Crippen LogP contribution >= 0.6 is 0 Å². The summed E-state index contributed by atoms with van der Waals surface area (Å²) in [7, 11) is 2.19. The Labute approximate surface area is 107 Å². The van der Waals surface area contributed by atoms with E-state index in [1.54, 1.807) is 0 Å². The third-order valence-corrected chi connectivity index (χ3v) is 3.84. The highest BCUT2D eigenvalue weighted by atomic mass is 15.1. The predicted octanol–water partition coefficient (Wildman–Crippen LogP) is 1.60. The summed E-state index contributed by atoms with van der Waals surface area (Å²) in [6.07, 6.45) is 6.58. The number of likely N-dealkylation sites (tertiary alicyclic amines) is 1. The Hall–Kier alpha value is -1.39. The Balaban J connectivity index is 2.00. The number of fused-ring (bicyclic) bond motifs is 1. The molecule has 3 heterocycles. The zero-order chi connectivity index (χ0) is 12.5. The number of aromatic nitrogens is 2. The van der Waals surface area contributed by atoms with Crippen LogP contribution in [0.2, 0.25) is 0 Å². The zero-order valence-electron chi connectivity index (χ0n) is 10.8. The molecule has 1 unspecified atom stereocenters. The van der Waals surface area contributed by atoms with Crippen LogP contribution in [0, 0.1) is 0 Å². The molecule has 18 heavy (non-hydrogen) atoms. The van der Waals surface area contributed by atoms with Gasteiger partial charge in [-0.1, -0.05) is 6.07 Å². The normalized spacial score (nSPS) is 21.6. The van der Waals surface area contributed by atoms with Gasteiger partial charge in [-0.25, -0.2) is 4.98 Å². The second kappa shape index (κ2) is 4.71. The average molecular weight is 244 g/mol. The zero-order valence-corrected chi connectivity index (χ0v) is 10.8. The Morgan fingerprint density at radius 2 is 2.33 bits per heavy atom. The standard InChI is InChI=1S/C14H20N4/c1-17-6-2-3-12(10-17)14-16-8-13-5-4-11(7-15)9-18(13)14/h4-5,8-9,12H,2-3,6-7,10,15H2,1H3. The number of rotatable bonds is 2. The molecule has 96 valence electrons. The van der Waals surface area contributed by atoms with Gasteiger partial charge in [-0.05, 0) is 38.1 Å². The monoisotopic (exact) mass is 244 g/mol. The molecule has 1 saturated heterocycles. The van der Waals surface area contributed by atoms with Crippen molar-refractivity contribution in [1.82, 2.24) is 14.3 Å². The molecule has 4 heteroatoms. The van der Waals surface area contributed by atoms with Crippen molar-refractivity contribution in [2.75, 3.05) is 20.1 Å². The van der Waals surface area contributed by atoms with Crippen LogP contribution in [-0.2, 0) is 6.54 Å². The topological polar surface area (TPSA) is 46.6 Å². The van der Waals surface area contributed by atoms with Crippen molar-refractivity contribution in [2.45, 2.75) is 25.3 Å². The van der Waals surface area contributed by atoms with Crippen molar-refractivity contribution < 1.29 is 0 Å². The number of piperidine rings is 1. The molecular weight excluding hydrogens is 224 g/mol. The van der Waals surface area contributed by atoms with Gasteiger partial charge < -0.3 is 15.0 Å². The van der Waals surface area contributed by atoms with Crippen molar-refractivity contribution in [3.8, 4) is 0 Å². The summed E-state index contributed by atoms with van der Waals surface area (Å²) in [5.41, 5.74) is 8.04. The van der Waals surface area contributed by atoms with Gasteiger partial charge in [0.2, 0.25) is 0 Å². The van der Waals surface area contributed by atoms with Crippen LogP contribution in [0.25, 0.3) is 5.52 Å².